The second kappa shape index (κ2) is 9.43. The molecule has 8 heteroatoms. The van der Waals surface area contributed by atoms with Crippen molar-refractivity contribution in [3.63, 3.8) is 0 Å². The number of pyridine rings is 1. The molecular formula is C13H15Cl3N4S. The number of aromatic nitrogens is 3. The van der Waals surface area contributed by atoms with Crippen molar-refractivity contribution >= 4 is 48.2 Å². The monoisotopic (exact) mass is 364 g/mol. The fourth-order valence-corrected chi connectivity index (χ4v) is 2.52. The van der Waals surface area contributed by atoms with E-state index in [1.165, 1.54) is 0 Å². The molecule has 2 rings (SSSR count). The number of alkyl halides is 1. The van der Waals surface area contributed by atoms with Gasteiger partial charge in [-0.05, 0) is 17.7 Å². The van der Waals surface area contributed by atoms with Gasteiger partial charge in [0.2, 0.25) is 0 Å². The Bertz CT molecular complexity index is 556. The molecule has 114 valence electrons. The molecule has 0 spiro atoms. The van der Waals surface area contributed by atoms with Gasteiger partial charge in [-0.25, -0.2) is 9.97 Å². The normalized spacial score (nSPS) is 11.8. The maximum absolute atomic E-state index is 6.39. The molecule has 0 saturated heterocycles. The zero-order valence-corrected chi connectivity index (χ0v) is 14.3. The average molecular weight is 366 g/mol. The third-order valence-electron chi connectivity index (χ3n) is 2.67. The van der Waals surface area contributed by atoms with Gasteiger partial charge in [-0.2, -0.15) is 12.6 Å². The molecule has 0 bridgehead atoms. The van der Waals surface area contributed by atoms with Crippen LogP contribution in [0.3, 0.4) is 0 Å². The van der Waals surface area contributed by atoms with E-state index in [1.807, 2.05) is 6.07 Å². The average Bonchev–Trinajstić information content (AvgIpc) is 2.49. The van der Waals surface area contributed by atoms with Crippen molar-refractivity contribution in [2.24, 2.45) is 0 Å². The molecule has 2 aromatic heterocycles. The Morgan fingerprint density at radius 1 is 1.19 bits per heavy atom. The van der Waals surface area contributed by atoms with Gasteiger partial charge in [-0.1, -0.05) is 11.6 Å². The van der Waals surface area contributed by atoms with Crippen LogP contribution in [0.2, 0.25) is 5.02 Å². The zero-order valence-electron chi connectivity index (χ0n) is 11.0. The topological polar surface area (TPSA) is 50.7 Å². The molecule has 0 aliphatic carbocycles. The number of rotatable bonds is 6. The molecule has 0 aliphatic heterocycles. The van der Waals surface area contributed by atoms with Crippen LogP contribution in [0.5, 0.6) is 0 Å². The highest BCUT2D eigenvalue weighted by Gasteiger charge is 2.18. The maximum atomic E-state index is 6.39. The standard InChI is InChI=1S/C13H14Cl2N4S.ClH/c14-3-7-16-8-9-2-6-17-11(10(9)15)12(20)13-18-4-1-5-19-13;/h1-2,4-6,12,16,20H,3,7-8H2;1H. The van der Waals surface area contributed by atoms with E-state index in [-0.39, 0.29) is 17.7 Å². The highest BCUT2D eigenvalue weighted by molar-refractivity contribution is 7.80. The molecule has 1 atom stereocenters. The fourth-order valence-electron chi connectivity index (χ4n) is 1.69. The van der Waals surface area contributed by atoms with Crippen LogP contribution in [-0.2, 0) is 6.54 Å². The maximum Gasteiger partial charge on any atom is 0.146 e. The minimum absolute atomic E-state index is 0. The van der Waals surface area contributed by atoms with Gasteiger partial charge < -0.3 is 5.32 Å². The zero-order chi connectivity index (χ0) is 14.4. The molecule has 0 radical (unpaired) electrons. The summed E-state index contributed by atoms with van der Waals surface area (Å²) in [4.78, 5) is 12.7. The summed E-state index contributed by atoms with van der Waals surface area (Å²) in [6.45, 7) is 1.36. The third kappa shape index (κ3) is 4.97. The smallest absolute Gasteiger partial charge is 0.146 e. The van der Waals surface area contributed by atoms with Gasteiger partial charge in [0.05, 0.1) is 10.7 Å². The number of hydrogen-bond acceptors (Lipinski definition) is 5. The van der Waals surface area contributed by atoms with Crippen LogP contribution in [0.15, 0.2) is 30.7 Å². The van der Waals surface area contributed by atoms with Crippen LogP contribution in [-0.4, -0.2) is 27.4 Å². The Hall–Kier alpha value is -0.590. The second-order valence-corrected chi connectivity index (χ2v) is 5.32. The minimum atomic E-state index is -0.350. The van der Waals surface area contributed by atoms with Crippen LogP contribution < -0.4 is 5.32 Å². The van der Waals surface area contributed by atoms with Crippen molar-refractivity contribution in [2.75, 3.05) is 12.4 Å². The Morgan fingerprint density at radius 2 is 1.90 bits per heavy atom. The molecule has 2 heterocycles. The van der Waals surface area contributed by atoms with Gasteiger partial charge in [0.15, 0.2) is 0 Å². The van der Waals surface area contributed by atoms with Gasteiger partial charge in [0.1, 0.15) is 11.1 Å². The van der Waals surface area contributed by atoms with Crippen LogP contribution in [0, 0.1) is 0 Å². The predicted molar refractivity (Wildman–Crippen MR) is 91.8 cm³/mol. The van der Waals surface area contributed by atoms with E-state index in [2.05, 4.69) is 32.9 Å². The molecule has 2 aromatic rings. The van der Waals surface area contributed by atoms with Crippen molar-refractivity contribution < 1.29 is 0 Å². The Labute approximate surface area is 145 Å². The third-order valence-corrected chi connectivity index (χ3v) is 3.77. The molecule has 0 saturated carbocycles. The Balaban J connectivity index is 0.00000220. The lowest BCUT2D eigenvalue weighted by Gasteiger charge is -2.13. The molecule has 4 nitrogen and oxygen atoms in total. The van der Waals surface area contributed by atoms with Gasteiger partial charge in [0, 0.05) is 37.6 Å². The van der Waals surface area contributed by atoms with Gasteiger partial charge in [-0.3, -0.25) is 4.98 Å². The second-order valence-electron chi connectivity index (χ2n) is 4.04. The van der Waals surface area contributed by atoms with Crippen LogP contribution in [0.25, 0.3) is 0 Å². The van der Waals surface area contributed by atoms with Crippen molar-refractivity contribution in [1.82, 2.24) is 20.3 Å². The van der Waals surface area contributed by atoms with E-state index in [0.717, 1.165) is 12.1 Å². The summed E-state index contributed by atoms with van der Waals surface area (Å²) in [5.74, 6) is 1.14. The molecule has 0 aliphatic rings. The number of thiol groups is 1. The number of halogens is 3. The Kier molecular flexibility index (Phi) is 8.29. The molecule has 21 heavy (non-hydrogen) atoms. The van der Waals surface area contributed by atoms with Gasteiger partial charge in [0.25, 0.3) is 0 Å². The first-order valence-corrected chi connectivity index (χ1v) is 7.52. The van der Waals surface area contributed by atoms with E-state index >= 15 is 0 Å². The highest BCUT2D eigenvalue weighted by Crippen LogP contribution is 2.31. The SMILES string of the molecule is Cl.SC(c1ncccn1)c1nccc(CNCCCl)c1Cl. The van der Waals surface area contributed by atoms with Gasteiger partial charge >= 0.3 is 0 Å². The summed E-state index contributed by atoms with van der Waals surface area (Å²) in [5.41, 5.74) is 1.61. The van der Waals surface area contributed by atoms with Gasteiger partial charge in [-0.15, -0.1) is 24.0 Å². The van der Waals surface area contributed by atoms with E-state index in [4.69, 9.17) is 23.2 Å². The fraction of sp³-hybridized carbons (Fsp3) is 0.308. The summed E-state index contributed by atoms with van der Waals surface area (Å²) >= 11 is 16.5. The van der Waals surface area contributed by atoms with Crippen LogP contribution >= 0.6 is 48.2 Å². The van der Waals surface area contributed by atoms with Crippen molar-refractivity contribution in [3.05, 3.63) is 52.8 Å². The first-order chi connectivity index (χ1) is 9.74. The van der Waals surface area contributed by atoms with Crippen LogP contribution in [0.4, 0.5) is 0 Å². The molecule has 0 aromatic carbocycles. The number of hydrogen-bond donors (Lipinski definition) is 2. The summed E-state index contributed by atoms with van der Waals surface area (Å²) in [6.07, 6.45) is 5.06. The summed E-state index contributed by atoms with van der Waals surface area (Å²) < 4.78 is 0. The van der Waals surface area contributed by atoms with Crippen molar-refractivity contribution in [2.45, 2.75) is 11.8 Å². The highest BCUT2D eigenvalue weighted by atomic mass is 35.5. The lowest BCUT2D eigenvalue weighted by atomic mass is 10.1. The quantitative estimate of drug-likeness (QED) is 0.468. The van der Waals surface area contributed by atoms with Crippen molar-refractivity contribution in [1.29, 1.82) is 0 Å². The number of nitrogens with one attached hydrogen (secondary N) is 1. The molecule has 0 amide bonds. The first-order valence-electron chi connectivity index (χ1n) is 6.09. The minimum Gasteiger partial charge on any atom is -0.311 e. The molecule has 0 fully saturated rings. The summed E-state index contributed by atoms with van der Waals surface area (Å²) in [5, 5.41) is 3.43. The lowest BCUT2D eigenvalue weighted by molar-refractivity contribution is 0.727. The lowest BCUT2D eigenvalue weighted by Crippen LogP contribution is -2.16. The molecule has 1 unspecified atom stereocenters. The molecule has 1 N–H and O–H groups in total. The van der Waals surface area contributed by atoms with E-state index in [0.29, 0.717) is 29.0 Å². The Morgan fingerprint density at radius 3 is 2.57 bits per heavy atom. The predicted octanol–water partition coefficient (Wildman–Crippen LogP) is 3.29. The first kappa shape index (κ1) is 18.5. The summed E-state index contributed by atoms with van der Waals surface area (Å²) in [7, 11) is 0. The van der Waals surface area contributed by atoms with Crippen molar-refractivity contribution in [3.8, 4) is 0 Å². The van der Waals surface area contributed by atoms with E-state index in [1.54, 1.807) is 24.7 Å². The molecular weight excluding hydrogens is 351 g/mol. The van der Waals surface area contributed by atoms with Crippen LogP contribution in [0.1, 0.15) is 22.3 Å². The largest absolute Gasteiger partial charge is 0.311 e. The summed E-state index contributed by atoms with van der Waals surface area (Å²) in [6, 6.07) is 3.63. The van der Waals surface area contributed by atoms with E-state index in [9.17, 15) is 0 Å². The number of nitrogens with zero attached hydrogens (tertiary/aromatic N) is 3. The van der Waals surface area contributed by atoms with E-state index < -0.39 is 0 Å².